The van der Waals surface area contributed by atoms with Crippen LogP contribution in [0.2, 0.25) is 0 Å². The minimum Gasteiger partial charge on any atom is -0.399 e. The first-order chi connectivity index (χ1) is 27.2. The molecule has 13 heteroatoms. The van der Waals surface area contributed by atoms with E-state index in [0.29, 0.717) is 57.5 Å². The van der Waals surface area contributed by atoms with Gasteiger partial charge in [-0.1, -0.05) is 91.0 Å². The number of carbonyl (C=O) groups is 3. The summed E-state index contributed by atoms with van der Waals surface area (Å²) in [7, 11) is 0. The second kappa shape index (κ2) is 17.1. The molecule has 0 spiro atoms. The number of likely N-dealkylation sites (tertiary alicyclic amines) is 1. The van der Waals surface area contributed by atoms with Crippen LogP contribution < -0.4 is 33.5 Å². The Morgan fingerprint density at radius 3 is 2.18 bits per heavy atom. The smallest absolute Gasteiger partial charge is 0.348 e. The summed E-state index contributed by atoms with van der Waals surface area (Å²) in [5, 5.41) is 7.78. The number of carbonyl (C=O) groups excluding carboxylic acids is 3. The number of amides is 3. The van der Waals surface area contributed by atoms with Crippen LogP contribution in [0, 0.1) is 5.92 Å². The number of benzene rings is 4. The minimum absolute atomic E-state index is 0.0140. The van der Waals surface area contributed by atoms with Gasteiger partial charge in [-0.2, -0.15) is 0 Å². The summed E-state index contributed by atoms with van der Waals surface area (Å²) in [6.07, 6.45) is 5.90. The van der Waals surface area contributed by atoms with Gasteiger partial charge in [0.05, 0.1) is 19.0 Å². The van der Waals surface area contributed by atoms with Crippen molar-refractivity contribution in [1.29, 1.82) is 0 Å². The van der Waals surface area contributed by atoms with Crippen LogP contribution in [0.3, 0.4) is 0 Å². The molecule has 7 rings (SSSR count). The highest BCUT2D eigenvalue weighted by Gasteiger charge is 2.37. The zero-order valence-electron chi connectivity index (χ0n) is 31.3. The number of nitrogens with one attached hydrogen (secondary N) is 2. The predicted octanol–water partition coefficient (Wildman–Crippen LogP) is 3.40. The monoisotopic (exact) mass is 756 g/mol. The normalized spacial score (nSPS) is 16.8. The Morgan fingerprint density at radius 1 is 0.750 bits per heavy atom. The van der Waals surface area contributed by atoms with Crippen LogP contribution in [0.1, 0.15) is 60.0 Å². The van der Waals surface area contributed by atoms with E-state index < -0.39 is 29.4 Å². The Balaban J connectivity index is 1.04. The fourth-order valence-electron chi connectivity index (χ4n) is 7.80. The molecule has 6 N–H and O–H groups in total. The van der Waals surface area contributed by atoms with E-state index in [4.69, 9.17) is 11.5 Å². The molecule has 3 heterocycles. The molecule has 1 aromatic heterocycles. The van der Waals surface area contributed by atoms with Gasteiger partial charge >= 0.3 is 11.4 Å². The average molecular weight is 757 g/mol. The van der Waals surface area contributed by atoms with Crippen LogP contribution in [0.4, 0.5) is 5.69 Å². The van der Waals surface area contributed by atoms with Crippen molar-refractivity contribution in [2.75, 3.05) is 25.4 Å². The summed E-state index contributed by atoms with van der Waals surface area (Å²) in [5.41, 5.74) is 14.6. The lowest BCUT2D eigenvalue weighted by Gasteiger charge is -2.37. The second-order valence-electron chi connectivity index (χ2n) is 14.6. The number of allylic oxidation sites excluding steroid dienone is 1. The molecule has 0 saturated carbocycles. The number of hydrogen-bond acceptors (Lipinski definition) is 7. The van der Waals surface area contributed by atoms with Gasteiger partial charge < -0.3 is 27.0 Å². The van der Waals surface area contributed by atoms with Crippen molar-refractivity contribution in [3.05, 3.63) is 146 Å². The quantitative estimate of drug-likeness (QED) is 0.0808. The number of rotatable bonds is 13. The highest BCUT2D eigenvalue weighted by Crippen LogP contribution is 2.33. The van der Waals surface area contributed by atoms with Gasteiger partial charge in [0.1, 0.15) is 0 Å². The Labute approximate surface area is 324 Å². The van der Waals surface area contributed by atoms with E-state index in [1.165, 1.54) is 13.9 Å². The molecular weight excluding hydrogens is 709 g/mol. The van der Waals surface area contributed by atoms with Crippen molar-refractivity contribution < 1.29 is 14.4 Å². The third-order valence-corrected chi connectivity index (χ3v) is 10.9. The summed E-state index contributed by atoms with van der Waals surface area (Å²) < 4.78 is 3.99. The van der Waals surface area contributed by atoms with Gasteiger partial charge in [0.15, 0.2) is 6.04 Å². The number of nitrogens with two attached hydrogens (primary N) is 2. The van der Waals surface area contributed by atoms with Gasteiger partial charge in [0, 0.05) is 44.8 Å². The molecule has 5 aromatic rings. The lowest BCUT2D eigenvalue weighted by molar-refractivity contribution is -0.133. The molecule has 2 unspecified atom stereocenters. The highest BCUT2D eigenvalue weighted by molar-refractivity contribution is 5.85. The zero-order valence-corrected chi connectivity index (χ0v) is 31.3. The lowest BCUT2D eigenvalue weighted by Crippen LogP contribution is -2.46. The molecule has 1 saturated heterocycles. The third-order valence-electron chi connectivity index (χ3n) is 10.9. The van der Waals surface area contributed by atoms with Crippen LogP contribution in [0.15, 0.2) is 113 Å². The molecule has 0 radical (unpaired) electrons. The van der Waals surface area contributed by atoms with Crippen molar-refractivity contribution in [2.45, 2.75) is 63.8 Å². The van der Waals surface area contributed by atoms with Crippen LogP contribution in [-0.4, -0.2) is 56.2 Å². The molecule has 56 heavy (non-hydrogen) atoms. The number of nitrogen functional groups attached to an aromatic ring is 1. The fraction of sp³-hybridized carbons (Fsp3) is 0.326. The van der Waals surface area contributed by atoms with Gasteiger partial charge in [-0.05, 0) is 70.3 Å². The molecule has 2 aliphatic heterocycles. The molecule has 4 aromatic carbocycles. The standard InChI is InChI=1S/C43H48N8O5/c44-26-30-10-12-31(13-11-30)27-47-41(54)38-19-18-37(50-42(55)49(43(56)51(38)50)28-34-7-3-6-32-5-1-2-8-36(32)34)33-20-23-48(24-21-33)40(53)9-4-22-46-39(52)25-29-14-16-35(45)17-15-29/h1-3,5-8,10-19,33,37-38H,4,9,20-28,44-45H2,(H,46,52)(H,47,54). The first kappa shape index (κ1) is 38.1. The maximum Gasteiger partial charge on any atom is 0.348 e. The number of fused-ring (bicyclic) bond motifs is 2. The van der Waals surface area contributed by atoms with Gasteiger partial charge in [0.25, 0.3) is 0 Å². The first-order valence-corrected chi connectivity index (χ1v) is 19.2. The maximum absolute atomic E-state index is 14.3. The average Bonchev–Trinajstić information content (AvgIpc) is 3.47. The number of aromatic nitrogens is 3. The van der Waals surface area contributed by atoms with Gasteiger partial charge in [-0.3, -0.25) is 14.4 Å². The van der Waals surface area contributed by atoms with Crippen molar-refractivity contribution in [1.82, 2.24) is 29.5 Å². The number of hydrogen-bond donors (Lipinski definition) is 4. The Bertz CT molecular complexity index is 2350. The lowest BCUT2D eigenvalue weighted by atomic mass is 9.88. The Kier molecular flexibility index (Phi) is 11.6. The summed E-state index contributed by atoms with van der Waals surface area (Å²) in [6, 6.07) is 26.9. The predicted molar refractivity (Wildman–Crippen MR) is 216 cm³/mol. The third kappa shape index (κ3) is 8.37. The molecule has 2 atom stereocenters. The van der Waals surface area contributed by atoms with Crippen molar-refractivity contribution >= 4 is 34.2 Å². The fourth-order valence-corrected chi connectivity index (χ4v) is 7.80. The zero-order chi connectivity index (χ0) is 39.2. The van der Waals surface area contributed by atoms with E-state index >= 15 is 0 Å². The van der Waals surface area contributed by atoms with E-state index in [2.05, 4.69) is 10.6 Å². The first-order valence-electron chi connectivity index (χ1n) is 19.2. The van der Waals surface area contributed by atoms with E-state index in [0.717, 1.165) is 33.0 Å². The molecule has 13 nitrogen and oxygen atoms in total. The van der Waals surface area contributed by atoms with Crippen LogP contribution in [0.5, 0.6) is 0 Å². The van der Waals surface area contributed by atoms with E-state index in [-0.39, 0.29) is 37.2 Å². The maximum atomic E-state index is 14.3. The van der Waals surface area contributed by atoms with Crippen molar-refractivity contribution in [3.63, 3.8) is 0 Å². The van der Waals surface area contributed by atoms with Crippen molar-refractivity contribution in [2.24, 2.45) is 11.7 Å². The summed E-state index contributed by atoms with van der Waals surface area (Å²) in [6.45, 7) is 2.11. The Morgan fingerprint density at radius 2 is 1.43 bits per heavy atom. The van der Waals surface area contributed by atoms with Gasteiger partial charge in [0.2, 0.25) is 17.7 Å². The summed E-state index contributed by atoms with van der Waals surface area (Å²) in [5.74, 6) is -0.548. The molecule has 3 amide bonds. The number of piperidine rings is 1. The van der Waals surface area contributed by atoms with Gasteiger partial charge in [-0.15, -0.1) is 0 Å². The molecule has 0 bridgehead atoms. The molecule has 290 valence electrons. The van der Waals surface area contributed by atoms with Crippen LogP contribution in [-0.2, 0) is 40.4 Å². The molecular formula is C43H48N8O5. The van der Waals surface area contributed by atoms with Crippen LogP contribution in [0.25, 0.3) is 10.8 Å². The van der Waals surface area contributed by atoms with Crippen molar-refractivity contribution in [3.8, 4) is 0 Å². The molecule has 1 fully saturated rings. The minimum atomic E-state index is -1.03. The Hall–Kier alpha value is -6.21. The molecule has 2 aliphatic rings. The number of anilines is 1. The van der Waals surface area contributed by atoms with E-state index in [1.54, 1.807) is 18.2 Å². The summed E-state index contributed by atoms with van der Waals surface area (Å²) in [4.78, 5) is 69.7. The summed E-state index contributed by atoms with van der Waals surface area (Å²) >= 11 is 0. The SMILES string of the molecule is NCc1ccc(CNC(=O)C2C=CC(C3CCN(C(=O)CCCNC(=O)Cc4ccc(N)cc4)CC3)n3c(=O)n(Cc4cccc5ccccc45)c(=O)n32)cc1. The second-order valence-corrected chi connectivity index (χ2v) is 14.6. The van der Waals surface area contributed by atoms with Crippen LogP contribution >= 0.6 is 0 Å². The molecule has 0 aliphatic carbocycles. The topological polar surface area (TPSA) is 179 Å². The van der Waals surface area contributed by atoms with E-state index in [1.807, 2.05) is 89.8 Å². The highest BCUT2D eigenvalue weighted by atomic mass is 16.2. The van der Waals surface area contributed by atoms with E-state index in [9.17, 15) is 24.0 Å². The largest absolute Gasteiger partial charge is 0.399 e. The number of nitrogens with zero attached hydrogens (tertiary/aromatic N) is 4. The van der Waals surface area contributed by atoms with Gasteiger partial charge in [-0.25, -0.2) is 23.5 Å².